The molecule has 0 aliphatic rings. The Kier molecular flexibility index (Phi) is 3.85. The average molecular weight is 320 g/mol. The lowest BCUT2D eigenvalue weighted by molar-refractivity contribution is -0.122. The summed E-state index contributed by atoms with van der Waals surface area (Å²) in [5.41, 5.74) is 6.15. The van der Waals surface area contributed by atoms with Gasteiger partial charge in [0.15, 0.2) is 0 Å². The van der Waals surface area contributed by atoms with Gasteiger partial charge in [-0.25, -0.2) is 0 Å². The first-order valence-electron chi connectivity index (χ1n) is 5.77. The van der Waals surface area contributed by atoms with E-state index in [0.717, 1.165) is 15.7 Å². The van der Waals surface area contributed by atoms with Gasteiger partial charge in [-0.1, -0.05) is 12.1 Å². The molecule has 1 heterocycles. The molecule has 19 heavy (non-hydrogen) atoms. The van der Waals surface area contributed by atoms with Crippen molar-refractivity contribution in [3.8, 4) is 0 Å². The van der Waals surface area contributed by atoms with Gasteiger partial charge < -0.3 is 11.1 Å². The van der Waals surface area contributed by atoms with Gasteiger partial charge in [-0.2, -0.15) is 0 Å². The Morgan fingerprint density at radius 1 is 1.26 bits per heavy atom. The highest BCUT2D eigenvalue weighted by atomic mass is 79.9. The van der Waals surface area contributed by atoms with Crippen molar-refractivity contribution in [2.75, 3.05) is 5.32 Å². The van der Waals surface area contributed by atoms with Crippen molar-refractivity contribution >= 4 is 27.5 Å². The maximum absolute atomic E-state index is 11.9. The summed E-state index contributed by atoms with van der Waals surface area (Å²) in [5, 5.41) is 3.19. The monoisotopic (exact) mass is 319 g/mol. The summed E-state index contributed by atoms with van der Waals surface area (Å²) in [4.78, 5) is 15.8. The van der Waals surface area contributed by atoms with Crippen LogP contribution in [0.3, 0.4) is 0 Å². The molecule has 1 unspecified atom stereocenters. The van der Waals surface area contributed by atoms with Crippen LogP contribution >= 0.6 is 15.9 Å². The van der Waals surface area contributed by atoms with Crippen LogP contribution in [0.15, 0.2) is 53.3 Å². The fraction of sp³-hybridized carbons (Fsp3) is 0.143. The number of anilines is 1. The number of rotatable bonds is 4. The molecular formula is C14H14BrN3O. The lowest BCUT2D eigenvalue weighted by Gasteiger charge is -2.29. The van der Waals surface area contributed by atoms with Crippen molar-refractivity contribution in [2.45, 2.75) is 12.5 Å². The van der Waals surface area contributed by atoms with E-state index in [9.17, 15) is 4.79 Å². The van der Waals surface area contributed by atoms with Crippen molar-refractivity contribution in [2.24, 2.45) is 5.73 Å². The van der Waals surface area contributed by atoms with Gasteiger partial charge in [-0.05, 0) is 52.7 Å². The summed E-state index contributed by atoms with van der Waals surface area (Å²) >= 11 is 3.44. The maximum Gasteiger partial charge on any atom is 0.247 e. The Labute approximate surface area is 120 Å². The molecule has 0 bridgehead atoms. The summed E-state index contributed by atoms with van der Waals surface area (Å²) in [5.74, 6) is -0.450. The van der Waals surface area contributed by atoms with Crippen LogP contribution < -0.4 is 11.1 Å². The lowest BCUT2D eigenvalue weighted by Crippen LogP contribution is -2.45. The minimum atomic E-state index is -0.993. The number of nitrogens with one attached hydrogen (secondary N) is 1. The van der Waals surface area contributed by atoms with E-state index >= 15 is 0 Å². The van der Waals surface area contributed by atoms with E-state index < -0.39 is 11.4 Å². The lowest BCUT2D eigenvalue weighted by atomic mass is 9.91. The highest BCUT2D eigenvalue weighted by Gasteiger charge is 2.33. The summed E-state index contributed by atoms with van der Waals surface area (Å²) in [6.45, 7) is 1.75. The second kappa shape index (κ2) is 5.40. The third kappa shape index (κ3) is 2.76. The molecule has 1 aromatic carbocycles. The topological polar surface area (TPSA) is 68.0 Å². The molecule has 0 spiro atoms. The SMILES string of the molecule is CC(Nc1ccccc1Br)(C(N)=O)c1ccncc1. The first kappa shape index (κ1) is 13.5. The molecular weight excluding hydrogens is 306 g/mol. The zero-order chi connectivity index (χ0) is 13.9. The fourth-order valence-corrected chi connectivity index (χ4v) is 2.18. The molecule has 0 saturated carbocycles. The van der Waals surface area contributed by atoms with Gasteiger partial charge in [0.1, 0.15) is 5.54 Å². The van der Waals surface area contributed by atoms with Crippen molar-refractivity contribution in [3.63, 3.8) is 0 Å². The van der Waals surface area contributed by atoms with Crippen molar-refractivity contribution < 1.29 is 4.79 Å². The second-order valence-corrected chi connectivity index (χ2v) is 5.18. The van der Waals surface area contributed by atoms with Crippen molar-refractivity contribution in [3.05, 3.63) is 58.8 Å². The highest BCUT2D eigenvalue weighted by molar-refractivity contribution is 9.10. The number of halogens is 1. The fourth-order valence-electron chi connectivity index (χ4n) is 1.79. The number of primary amides is 1. The zero-order valence-corrected chi connectivity index (χ0v) is 12.0. The van der Waals surface area contributed by atoms with Crippen LogP contribution in [0.1, 0.15) is 12.5 Å². The van der Waals surface area contributed by atoms with Gasteiger partial charge in [-0.3, -0.25) is 9.78 Å². The summed E-state index contributed by atoms with van der Waals surface area (Å²) in [6.07, 6.45) is 3.27. The Bertz CT molecular complexity index is 588. The molecule has 5 heteroatoms. The van der Waals surface area contributed by atoms with Crippen LogP contribution in [0.25, 0.3) is 0 Å². The number of hydrogen-bond acceptors (Lipinski definition) is 3. The molecule has 98 valence electrons. The van der Waals surface area contributed by atoms with Crippen LogP contribution in [0, 0.1) is 0 Å². The minimum Gasteiger partial charge on any atom is -0.367 e. The number of carbonyl (C=O) groups is 1. The number of nitrogens with zero attached hydrogens (tertiary/aromatic N) is 1. The van der Waals surface area contributed by atoms with Gasteiger partial charge in [-0.15, -0.1) is 0 Å². The average Bonchev–Trinajstić information content (AvgIpc) is 2.42. The smallest absolute Gasteiger partial charge is 0.247 e. The third-order valence-electron chi connectivity index (χ3n) is 3.01. The van der Waals surface area contributed by atoms with Gasteiger partial charge in [0.2, 0.25) is 5.91 Å². The van der Waals surface area contributed by atoms with E-state index in [2.05, 4.69) is 26.2 Å². The Morgan fingerprint density at radius 2 is 1.89 bits per heavy atom. The van der Waals surface area contributed by atoms with Crippen LogP contribution in [-0.4, -0.2) is 10.9 Å². The Balaban J connectivity index is 2.42. The number of carbonyl (C=O) groups excluding carboxylic acids is 1. The van der Waals surface area contributed by atoms with E-state index in [1.54, 1.807) is 31.5 Å². The van der Waals surface area contributed by atoms with Crippen LogP contribution in [0.4, 0.5) is 5.69 Å². The zero-order valence-electron chi connectivity index (χ0n) is 10.4. The highest BCUT2D eigenvalue weighted by Crippen LogP contribution is 2.30. The molecule has 2 rings (SSSR count). The molecule has 1 atom stereocenters. The molecule has 0 aliphatic carbocycles. The molecule has 4 nitrogen and oxygen atoms in total. The van der Waals surface area contributed by atoms with Crippen LogP contribution in [-0.2, 0) is 10.3 Å². The van der Waals surface area contributed by atoms with E-state index in [4.69, 9.17) is 5.73 Å². The Hall–Kier alpha value is -1.88. The number of benzene rings is 1. The quantitative estimate of drug-likeness (QED) is 0.910. The largest absolute Gasteiger partial charge is 0.367 e. The third-order valence-corrected chi connectivity index (χ3v) is 3.70. The maximum atomic E-state index is 11.9. The van der Waals surface area contributed by atoms with Gasteiger partial charge in [0.05, 0.1) is 0 Å². The minimum absolute atomic E-state index is 0.450. The molecule has 0 saturated heterocycles. The molecule has 1 aromatic heterocycles. The van der Waals surface area contributed by atoms with Gasteiger partial charge >= 0.3 is 0 Å². The molecule has 0 radical (unpaired) electrons. The summed E-state index contributed by atoms with van der Waals surface area (Å²) in [6, 6.07) is 11.1. The van der Waals surface area contributed by atoms with E-state index in [1.807, 2.05) is 24.3 Å². The van der Waals surface area contributed by atoms with E-state index in [-0.39, 0.29) is 0 Å². The molecule has 0 fully saturated rings. The number of nitrogens with two attached hydrogens (primary N) is 1. The first-order chi connectivity index (χ1) is 9.04. The molecule has 2 aromatic rings. The first-order valence-corrected chi connectivity index (χ1v) is 6.56. The standard InChI is InChI=1S/C14H14BrN3O/c1-14(13(16)19,10-6-8-17-9-7-10)18-12-5-3-2-4-11(12)15/h2-9,18H,1H3,(H2,16,19). The summed E-state index contributed by atoms with van der Waals surface area (Å²) in [7, 11) is 0. The Morgan fingerprint density at radius 3 is 2.47 bits per heavy atom. The van der Waals surface area contributed by atoms with Crippen LogP contribution in [0.5, 0.6) is 0 Å². The number of aromatic nitrogens is 1. The summed E-state index contributed by atoms with van der Waals surface area (Å²) < 4.78 is 0.872. The molecule has 3 N–H and O–H groups in total. The predicted molar refractivity (Wildman–Crippen MR) is 78.5 cm³/mol. The van der Waals surface area contributed by atoms with Crippen molar-refractivity contribution in [1.29, 1.82) is 0 Å². The van der Waals surface area contributed by atoms with Gasteiger partial charge in [0, 0.05) is 22.6 Å². The van der Waals surface area contributed by atoms with E-state index in [0.29, 0.717) is 0 Å². The molecule has 1 amide bonds. The van der Waals surface area contributed by atoms with E-state index in [1.165, 1.54) is 0 Å². The number of amides is 1. The van der Waals surface area contributed by atoms with Crippen molar-refractivity contribution in [1.82, 2.24) is 4.98 Å². The number of para-hydroxylation sites is 1. The predicted octanol–water partition coefficient (Wildman–Crippen LogP) is 2.66. The van der Waals surface area contributed by atoms with Gasteiger partial charge in [0.25, 0.3) is 0 Å². The number of pyridine rings is 1. The molecule has 0 aliphatic heterocycles. The normalized spacial score (nSPS) is 13.6. The van der Waals surface area contributed by atoms with Crippen LogP contribution in [0.2, 0.25) is 0 Å². The number of hydrogen-bond donors (Lipinski definition) is 2. The second-order valence-electron chi connectivity index (χ2n) is 4.33.